The number of rotatable bonds is 7. The number of nitrogens with zero attached hydrogens (tertiary/aromatic N) is 1. The molecule has 0 aliphatic carbocycles. The van der Waals surface area contributed by atoms with Crippen molar-refractivity contribution < 1.29 is 19.2 Å². The fourth-order valence-corrected chi connectivity index (χ4v) is 3.15. The summed E-state index contributed by atoms with van der Waals surface area (Å²) >= 11 is 1.33. The van der Waals surface area contributed by atoms with E-state index < -0.39 is 22.9 Å². The van der Waals surface area contributed by atoms with Gasteiger partial charge >= 0.3 is 5.97 Å². The third kappa shape index (κ3) is 5.82. The van der Waals surface area contributed by atoms with Gasteiger partial charge in [-0.25, -0.2) is 0 Å². The van der Waals surface area contributed by atoms with E-state index in [1.54, 1.807) is 6.07 Å². The summed E-state index contributed by atoms with van der Waals surface area (Å²) in [4.78, 5) is 35.5. The predicted octanol–water partition coefficient (Wildman–Crippen LogP) is 3.87. The first-order chi connectivity index (χ1) is 12.8. The molecule has 2 aromatic carbocycles. The van der Waals surface area contributed by atoms with Gasteiger partial charge in [0.05, 0.1) is 10.7 Å². The monoisotopic (exact) mass is 388 g/mol. The lowest BCUT2D eigenvalue weighted by Crippen LogP contribution is -2.30. The predicted molar refractivity (Wildman–Crippen MR) is 104 cm³/mol. The lowest BCUT2D eigenvalue weighted by atomic mass is 10.2. The molecule has 0 aromatic heterocycles. The smallest absolute Gasteiger partial charge is 0.317 e. The largest absolute Gasteiger partial charge is 0.452 e. The highest BCUT2D eigenvalue weighted by Crippen LogP contribution is 2.24. The summed E-state index contributed by atoms with van der Waals surface area (Å²) in [5.41, 5.74) is 2.03. The van der Waals surface area contributed by atoms with Gasteiger partial charge in [-0.05, 0) is 38.5 Å². The number of nitro benzene ring substituents is 1. The van der Waals surface area contributed by atoms with Crippen LogP contribution in [0.4, 0.5) is 11.4 Å². The van der Waals surface area contributed by atoms with E-state index in [1.807, 2.05) is 32.0 Å². The molecule has 0 unspecified atom stereocenters. The molecule has 8 heteroatoms. The number of anilines is 1. The molecule has 0 heterocycles. The molecule has 1 atom stereocenters. The maximum absolute atomic E-state index is 12.2. The van der Waals surface area contributed by atoms with Crippen molar-refractivity contribution in [3.63, 3.8) is 0 Å². The number of carbonyl (C=O) groups is 2. The van der Waals surface area contributed by atoms with Gasteiger partial charge < -0.3 is 10.1 Å². The Morgan fingerprint density at radius 1 is 1.22 bits per heavy atom. The number of benzene rings is 2. The Morgan fingerprint density at radius 3 is 2.59 bits per heavy atom. The Hall–Kier alpha value is -2.87. The molecular formula is C19H20N2O5S. The fourth-order valence-electron chi connectivity index (χ4n) is 2.36. The van der Waals surface area contributed by atoms with Gasteiger partial charge in [0, 0.05) is 11.0 Å². The molecule has 1 amide bonds. The zero-order valence-electron chi connectivity index (χ0n) is 15.2. The highest BCUT2D eigenvalue weighted by atomic mass is 32.2. The van der Waals surface area contributed by atoms with Crippen molar-refractivity contribution in [1.29, 1.82) is 0 Å². The summed E-state index contributed by atoms with van der Waals surface area (Å²) < 4.78 is 5.13. The third-order valence-corrected chi connectivity index (χ3v) is 4.86. The molecule has 0 bridgehead atoms. The van der Waals surface area contributed by atoms with Gasteiger partial charge in [0.2, 0.25) is 0 Å². The van der Waals surface area contributed by atoms with Crippen LogP contribution in [0.5, 0.6) is 0 Å². The van der Waals surface area contributed by atoms with Crippen LogP contribution >= 0.6 is 11.8 Å². The van der Waals surface area contributed by atoms with Crippen LogP contribution in [0.25, 0.3) is 0 Å². The number of esters is 1. The number of amides is 1. The number of hydrogen-bond donors (Lipinski definition) is 1. The maximum atomic E-state index is 12.2. The summed E-state index contributed by atoms with van der Waals surface area (Å²) in [6.07, 6.45) is -1.07. The second-order valence-corrected chi connectivity index (χ2v) is 6.97. The average Bonchev–Trinajstić information content (AvgIpc) is 2.61. The van der Waals surface area contributed by atoms with Crippen molar-refractivity contribution in [1.82, 2.24) is 0 Å². The first-order valence-corrected chi connectivity index (χ1v) is 9.20. The number of ether oxygens (including phenoxy) is 1. The quantitative estimate of drug-likeness (QED) is 0.335. The van der Waals surface area contributed by atoms with Gasteiger partial charge in [0.1, 0.15) is 5.69 Å². The minimum atomic E-state index is -1.07. The Bertz CT molecular complexity index is 869. The Balaban J connectivity index is 1.90. The van der Waals surface area contributed by atoms with Crippen LogP contribution in [0.15, 0.2) is 47.4 Å². The van der Waals surface area contributed by atoms with Gasteiger partial charge in [-0.1, -0.05) is 29.8 Å². The summed E-state index contributed by atoms with van der Waals surface area (Å²) in [5.74, 6) is -1.10. The van der Waals surface area contributed by atoms with E-state index in [2.05, 4.69) is 5.32 Å². The zero-order valence-corrected chi connectivity index (χ0v) is 16.0. The Labute approximate surface area is 161 Å². The maximum Gasteiger partial charge on any atom is 0.317 e. The van der Waals surface area contributed by atoms with Gasteiger partial charge in [-0.15, -0.1) is 11.8 Å². The van der Waals surface area contributed by atoms with E-state index in [1.165, 1.54) is 36.9 Å². The van der Waals surface area contributed by atoms with Crippen LogP contribution in [0.3, 0.4) is 0 Å². The summed E-state index contributed by atoms with van der Waals surface area (Å²) in [5, 5.41) is 13.4. The van der Waals surface area contributed by atoms with Gasteiger partial charge in [-0.2, -0.15) is 0 Å². The van der Waals surface area contributed by atoms with E-state index >= 15 is 0 Å². The van der Waals surface area contributed by atoms with E-state index in [0.29, 0.717) is 0 Å². The normalized spacial score (nSPS) is 11.5. The molecule has 0 fully saturated rings. The minimum Gasteiger partial charge on any atom is -0.452 e. The number of para-hydroxylation sites is 2. The van der Waals surface area contributed by atoms with Crippen molar-refractivity contribution in [3.05, 3.63) is 63.7 Å². The van der Waals surface area contributed by atoms with Crippen LogP contribution in [-0.4, -0.2) is 28.7 Å². The number of aryl methyl sites for hydroxylation is 2. The number of hydrogen-bond acceptors (Lipinski definition) is 6. The summed E-state index contributed by atoms with van der Waals surface area (Å²) in [7, 11) is 0. The zero-order chi connectivity index (χ0) is 20.0. The van der Waals surface area contributed by atoms with E-state index in [4.69, 9.17) is 4.74 Å². The summed E-state index contributed by atoms with van der Waals surface area (Å²) in [6.45, 7) is 5.38. The second-order valence-electron chi connectivity index (χ2n) is 5.95. The Morgan fingerprint density at radius 2 is 1.93 bits per heavy atom. The molecule has 0 radical (unpaired) electrons. The number of thioether (sulfide) groups is 1. The number of nitrogens with one attached hydrogen (secondary N) is 1. The lowest BCUT2D eigenvalue weighted by Gasteiger charge is -2.14. The van der Waals surface area contributed by atoms with Crippen LogP contribution in [0.2, 0.25) is 0 Å². The van der Waals surface area contributed by atoms with E-state index in [-0.39, 0.29) is 17.1 Å². The molecule has 2 aromatic rings. The average molecular weight is 388 g/mol. The van der Waals surface area contributed by atoms with Crippen LogP contribution in [0, 0.1) is 24.0 Å². The molecular weight excluding hydrogens is 368 g/mol. The van der Waals surface area contributed by atoms with Crippen molar-refractivity contribution in [2.45, 2.75) is 31.8 Å². The van der Waals surface area contributed by atoms with Crippen molar-refractivity contribution in [2.24, 2.45) is 0 Å². The van der Waals surface area contributed by atoms with Crippen LogP contribution in [0.1, 0.15) is 18.1 Å². The molecule has 1 N–H and O–H groups in total. The number of carbonyl (C=O) groups excluding carboxylic acids is 2. The first kappa shape index (κ1) is 20.4. The van der Waals surface area contributed by atoms with Crippen LogP contribution < -0.4 is 5.32 Å². The van der Waals surface area contributed by atoms with Gasteiger partial charge in [-0.3, -0.25) is 19.7 Å². The minimum absolute atomic E-state index is 0.0556. The fraction of sp³-hybridized carbons (Fsp3) is 0.263. The first-order valence-electron chi connectivity index (χ1n) is 8.21. The molecule has 0 spiro atoms. The topological polar surface area (TPSA) is 98.5 Å². The lowest BCUT2D eigenvalue weighted by molar-refractivity contribution is -0.383. The van der Waals surface area contributed by atoms with Gasteiger partial charge in [0.15, 0.2) is 6.10 Å². The van der Waals surface area contributed by atoms with Crippen molar-refractivity contribution in [2.75, 3.05) is 11.1 Å². The summed E-state index contributed by atoms with van der Waals surface area (Å²) in [6, 6.07) is 11.7. The molecule has 0 aliphatic heterocycles. The highest BCUT2D eigenvalue weighted by Gasteiger charge is 2.21. The van der Waals surface area contributed by atoms with Crippen molar-refractivity contribution in [3.8, 4) is 0 Å². The molecule has 2 rings (SSSR count). The highest BCUT2D eigenvalue weighted by molar-refractivity contribution is 8.00. The molecule has 0 aliphatic rings. The SMILES string of the molecule is Cc1ccc(SCC(=O)O[C@@H](C)C(=O)Nc2ccccc2[N+](=O)[O-])c(C)c1. The van der Waals surface area contributed by atoms with Crippen LogP contribution in [-0.2, 0) is 14.3 Å². The standard InChI is InChI=1S/C19H20N2O5S/c1-12-8-9-17(13(2)10-12)27-11-18(22)26-14(3)19(23)20-15-6-4-5-7-16(15)21(24)25/h4-10,14H,11H2,1-3H3,(H,20,23)/t14-/m0/s1. The number of nitro groups is 1. The second kappa shape index (κ2) is 9.18. The molecule has 27 heavy (non-hydrogen) atoms. The molecule has 0 saturated heterocycles. The third-order valence-electron chi connectivity index (χ3n) is 3.71. The van der Waals surface area contributed by atoms with Gasteiger partial charge in [0.25, 0.3) is 11.6 Å². The van der Waals surface area contributed by atoms with E-state index in [0.717, 1.165) is 16.0 Å². The molecule has 0 saturated carbocycles. The van der Waals surface area contributed by atoms with Crippen molar-refractivity contribution >= 4 is 35.0 Å². The van der Waals surface area contributed by atoms with E-state index in [9.17, 15) is 19.7 Å². The molecule has 142 valence electrons. The molecule has 7 nitrogen and oxygen atoms in total. The Kier molecular flexibility index (Phi) is 6.95.